The fourth-order valence-electron chi connectivity index (χ4n) is 2.76. The molecule has 1 aliphatic heterocycles. The number of likely N-dealkylation sites (tertiary alicyclic amines) is 1. The van der Waals surface area contributed by atoms with Crippen LogP contribution in [0.3, 0.4) is 0 Å². The maximum absolute atomic E-state index is 12.3. The van der Waals surface area contributed by atoms with Crippen molar-refractivity contribution in [2.24, 2.45) is 0 Å². The quantitative estimate of drug-likeness (QED) is 0.684. The average molecular weight is 339 g/mol. The first-order chi connectivity index (χ1) is 12.0. The van der Waals surface area contributed by atoms with E-state index in [-0.39, 0.29) is 17.2 Å². The third-order valence-electron chi connectivity index (χ3n) is 4.10. The smallest absolute Gasteiger partial charge is 0.270 e. The van der Waals surface area contributed by atoms with Gasteiger partial charge in [-0.05, 0) is 43.2 Å². The second kappa shape index (κ2) is 7.12. The van der Waals surface area contributed by atoms with Gasteiger partial charge in [0.05, 0.1) is 4.92 Å². The van der Waals surface area contributed by atoms with Gasteiger partial charge in [-0.15, -0.1) is 0 Å². The molecule has 0 radical (unpaired) electrons. The van der Waals surface area contributed by atoms with Gasteiger partial charge in [0.15, 0.2) is 0 Å². The van der Waals surface area contributed by atoms with E-state index < -0.39 is 10.8 Å². The lowest BCUT2D eigenvalue weighted by molar-refractivity contribution is -0.384. The second-order valence-electron chi connectivity index (χ2n) is 5.84. The van der Waals surface area contributed by atoms with Gasteiger partial charge in [0.1, 0.15) is 0 Å². The molecule has 0 unspecified atom stereocenters. The minimum Gasteiger partial charge on any atom is -0.339 e. The number of non-ortho nitro benzene ring substituents is 1. The zero-order valence-electron chi connectivity index (χ0n) is 13.5. The van der Waals surface area contributed by atoms with E-state index in [1.54, 1.807) is 24.3 Å². The molecule has 0 atom stereocenters. The summed E-state index contributed by atoms with van der Waals surface area (Å²) in [4.78, 5) is 36.5. The highest BCUT2D eigenvalue weighted by Crippen LogP contribution is 2.17. The minimum atomic E-state index is -0.546. The molecule has 7 heteroatoms. The molecule has 1 fully saturated rings. The van der Waals surface area contributed by atoms with Gasteiger partial charge in [-0.3, -0.25) is 19.7 Å². The fraction of sp³-hybridized carbons (Fsp3) is 0.222. The summed E-state index contributed by atoms with van der Waals surface area (Å²) in [6.07, 6.45) is 2.06. The van der Waals surface area contributed by atoms with Gasteiger partial charge in [-0.1, -0.05) is 6.07 Å². The molecule has 1 aliphatic rings. The highest BCUT2D eigenvalue weighted by Gasteiger charge is 2.19. The van der Waals surface area contributed by atoms with Gasteiger partial charge in [0, 0.05) is 42.0 Å². The summed E-state index contributed by atoms with van der Waals surface area (Å²) < 4.78 is 0. The van der Waals surface area contributed by atoms with Crippen molar-refractivity contribution >= 4 is 23.2 Å². The molecule has 1 saturated heterocycles. The first-order valence-electron chi connectivity index (χ1n) is 8.00. The molecular weight excluding hydrogens is 322 g/mol. The topological polar surface area (TPSA) is 92.6 Å². The maximum Gasteiger partial charge on any atom is 0.270 e. The molecule has 3 rings (SSSR count). The number of nitro benzene ring substituents is 1. The Morgan fingerprint density at radius 1 is 1.00 bits per heavy atom. The standard InChI is InChI=1S/C18H17N3O4/c22-17(14-4-3-5-16(12-14)21(24)25)19-15-8-6-13(7-9-15)18(23)20-10-1-2-11-20/h3-9,12H,1-2,10-11H2,(H,19,22). The highest BCUT2D eigenvalue weighted by molar-refractivity contribution is 6.05. The molecule has 0 spiro atoms. The fourth-order valence-corrected chi connectivity index (χ4v) is 2.76. The van der Waals surface area contributed by atoms with Crippen molar-refractivity contribution in [3.05, 3.63) is 69.8 Å². The summed E-state index contributed by atoms with van der Waals surface area (Å²) >= 11 is 0. The normalized spacial score (nSPS) is 13.5. The van der Waals surface area contributed by atoms with E-state index in [1.807, 2.05) is 4.90 Å². The van der Waals surface area contributed by atoms with Gasteiger partial charge in [0.2, 0.25) is 0 Å². The third-order valence-corrected chi connectivity index (χ3v) is 4.10. The van der Waals surface area contributed by atoms with Crippen LogP contribution in [0.5, 0.6) is 0 Å². The largest absolute Gasteiger partial charge is 0.339 e. The van der Waals surface area contributed by atoms with Crippen molar-refractivity contribution in [1.29, 1.82) is 0 Å². The Bertz CT molecular complexity index is 811. The summed E-state index contributed by atoms with van der Waals surface area (Å²) in [6, 6.07) is 12.2. The number of nitro groups is 1. The number of carbonyl (C=O) groups excluding carboxylic acids is 2. The average Bonchev–Trinajstić information content (AvgIpc) is 3.16. The molecule has 25 heavy (non-hydrogen) atoms. The molecule has 1 N–H and O–H groups in total. The van der Waals surface area contributed by atoms with Crippen LogP contribution in [0.15, 0.2) is 48.5 Å². The molecule has 0 bridgehead atoms. The van der Waals surface area contributed by atoms with Crippen LogP contribution >= 0.6 is 0 Å². The molecular formula is C18H17N3O4. The third kappa shape index (κ3) is 3.82. The van der Waals surface area contributed by atoms with Crippen molar-refractivity contribution in [1.82, 2.24) is 4.90 Å². The van der Waals surface area contributed by atoms with E-state index in [9.17, 15) is 19.7 Å². The molecule has 7 nitrogen and oxygen atoms in total. The number of hydrogen-bond acceptors (Lipinski definition) is 4. The van der Waals surface area contributed by atoms with Crippen LogP contribution in [0.25, 0.3) is 0 Å². The molecule has 2 aromatic rings. The van der Waals surface area contributed by atoms with Crippen molar-refractivity contribution < 1.29 is 14.5 Å². The van der Waals surface area contributed by atoms with Crippen LogP contribution in [0, 0.1) is 10.1 Å². The lowest BCUT2D eigenvalue weighted by Gasteiger charge is -2.15. The first-order valence-corrected chi connectivity index (χ1v) is 8.00. The molecule has 2 amide bonds. The predicted molar refractivity (Wildman–Crippen MR) is 92.6 cm³/mol. The summed E-state index contributed by atoms with van der Waals surface area (Å²) in [5.74, 6) is -0.448. The Labute approximate surface area is 144 Å². The molecule has 128 valence electrons. The monoisotopic (exact) mass is 339 g/mol. The molecule has 0 aliphatic carbocycles. The Kier molecular flexibility index (Phi) is 4.74. The van der Waals surface area contributed by atoms with Crippen molar-refractivity contribution in [3.63, 3.8) is 0 Å². The minimum absolute atomic E-state index is 0.00550. The van der Waals surface area contributed by atoms with Gasteiger partial charge >= 0.3 is 0 Å². The highest BCUT2D eigenvalue weighted by atomic mass is 16.6. The number of carbonyl (C=O) groups is 2. The van der Waals surface area contributed by atoms with Crippen LogP contribution in [0.4, 0.5) is 11.4 Å². The molecule has 2 aromatic carbocycles. The summed E-state index contributed by atoms with van der Waals surface area (Å²) in [5.41, 5.74) is 1.16. The van der Waals surface area contributed by atoms with Crippen molar-refractivity contribution in [2.75, 3.05) is 18.4 Å². The van der Waals surface area contributed by atoms with Crippen LogP contribution in [0.1, 0.15) is 33.6 Å². The number of nitrogens with zero attached hydrogens (tertiary/aromatic N) is 2. The zero-order chi connectivity index (χ0) is 17.8. The SMILES string of the molecule is O=C(Nc1ccc(C(=O)N2CCCC2)cc1)c1cccc([N+](=O)[O-])c1. The maximum atomic E-state index is 12.3. The summed E-state index contributed by atoms with van der Waals surface area (Å²) in [7, 11) is 0. The number of anilines is 1. The van der Waals surface area contributed by atoms with Crippen LogP contribution in [0.2, 0.25) is 0 Å². The van der Waals surface area contributed by atoms with Gasteiger partial charge in [-0.2, -0.15) is 0 Å². The lowest BCUT2D eigenvalue weighted by Crippen LogP contribution is -2.27. The number of hydrogen-bond donors (Lipinski definition) is 1. The Morgan fingerprint density at radius 2 is 1.68 bits per heavy atom. The Hall–Kier alpha value is -3.22. The number of nitrogens with one attached hydrogen (secondary N) is 1. The van der Waals surface area contributed by atoms with Gasteiger partial charge in [-0.25, -0.2) is 0 Å². The van der Waals surface area contributed by atoms with E-state index in [0.29, 0.717) is 11.3 Å². The molecule has 1 heterocycles. The van der Waals surface area contributed by atoms with E-state index in [1.165, 1.54) is 24.3 Å². The van der Waals surface area contributed by atoms with Crippen molar-refractivity contribution in [3.8, 4) is 0 Å². The summed E-state index contributed by atoms with van der Waals surface area (Å²) in [6.45, 7) is 1.56. The van der Waals surface area contributed by atoms with Crippen LogP contribution < -0.4 is 5.32 Å². The van der Waals surface area contributed by atoms with Crippen molar-refractivity contribution in [2.45, 2.75) is 12.8 Å². The van der Waals surface area contributed by atoms with Crippen LogP contribution in [-0.4, -0.2) is 34.7 Å². The van der Waals surface area contributed by atoms with Crippen LogP contribution in [-0.2, 0) is 0 Å². The molecule has 0 aromatic heterocycles. The Morgan fingerprint density at radius 3 is 2.32 bits per heavy atom. The Balaban J connectivity index is 1.68. The predicted octanol–water partition coefficient (Wildman–Crippen LogP) is 3.08. The van der Waals surface area contributed by atoms with Gasteiger partial charge < -0.3 is 10.2 Å². The van der Waals surface area contributed by atoms with Gasteiger partial charge in [0.25, 0.3) is 17.5 Å². The van der Waals surface area contributed by atoms with E-state index in [0.717, 1.165) is 25.9 Å². The number of amides is 2. The number of rotatable bonds is 4. The second-order valence-corrected chi connectivity index (χ2v) is 5.84. The summed E-state index contributed by atoms with van der Waals surface area (Å²) in [5, 5.41) is 13.5. The molecule has 0 saturated carbocycles. The lowest BCUT2D eigenvalue weighted by atomic mass is 10.1. The first kappa shape index (κ1) is 16.6. The van der Waals surface area contributed by atoms with E-state index in [4.69, 9.17) is 0 Å². The van der Waals surface area contributed by atoms with E-state index in [2.05, 4.69) is 5.32 Å². The number of benzene rings is 2. The van der Waals surface area contributed by atoms with E-state index >= 15 is 0 Å². The zero-order valence-corrected chi connectivity index (χ0v) is 13.5.